The highest BCUT2D eigenvalue weighted by Crippen LogP contribution is 2.25. The molecular weight excluding hydrogens is 250 g/mol. The Hall–Kier alpha value is -2.56. The lowest BCUT2D eigenvalue weighted by Crippen LogP contribution is -1.94. The van der Waals surface area contributed by atoms with E-state index in [-0.39, 0.29) is 0 Å². The van der Waals surface area contributed by atoms with Gasteiger partial charge in [0.15, 0.2) is 0 Å². The molecule has 1 aromatic carbocycles. The van der Waals surface area contributed by atoms with Crippen molar-refractivity contribution >= 4 is 5.69 Å². The highest BCUT2D eigenvalue weighted by Gasteiger charge is 2.11. The minimum Gasteiger partial charge on any atom is -0.396 e. The molecule has 0 radical (unpaired) electrons. The first kappa shape index (κ1) is 12.5. The summed E-state index contributed by atoms with van der Waals surface area (Å²) in [6.07, 6.45) is 5.59. The molecule has 102 valence electrons. The fraction of sp³-hybridized carbons (Fsp3) is 0.200. The molecule has 0 spiro atoms. The highest BCUT2D eigenvalue weighted by molar-refractivity contribution is 5.71. The van der Waals surface area contributed by atoms with E-state index in [1.807, 2.05) is 36.1 Å². The zero-order valence-electron chi connectivity index (χ0n) is 11.6. The fourth-order valence-corrected chi connectivity index (χ4v) is 2.10. The maximum atomic E-state index is 6.07. The third kappa shape index (κ3) is 2.18. The first-order valence-electron chi connectivity index (χ1n) is 6.62. The molecule has 3 aromatic rings. The second kappa shape index (κ2) is 4.85. The van der Waals surface area contributed by atoms with Crippen molar-refractivity contribution in [3.63, 3.8) is 0 Å². The van der Waals surface area contributed by atoms with Crippen molar-refractivity contribution in [1.29, 1.82) is 0 Å². The molecule has 5 heteroatoms. The molecule has 0 fully saturated rings. The largest absolute Gasteiger partial charge is 0.396 e. The van der Waals surface area contributed by atoms with Gasteiger partial charge >= 0.3 is 0 Å². The Bertz CT molecular complexity index is 721. The fourth-order valence-electron chi connectivity index (χ4n) is 2.10. The molecule has 0 unspecified atom stereocenters. The quantitative estimate of drug-likeness (QED) is 0.793. The molecule has 0 bridgehead atoms. The molecule has 0 amide bonds. The Morgan fingerprint density at radius 3 is 2.55 bits per heavy atom. The number of nitrogens with two attached hydrogens (primary N) is 1. The topological polar surface area (TPSA) is 61.7 Å². The molecule has 2 N–H and O–H groups in total. The molecule has 0 saturated carbocycles. The molecule has 0 saturated heterocycles. The van der Waals surface area contributed by atoms with E-state index in [0.29, 0.717) is 5.69 Å². The molecule has 20 heavy (non-hydrogen) atoms. The average molecular weight is 267 g/mol. The predicted octanol–water partition coefficient (Wildman–Crippen LogP) is 2.65. The number of benzene rings is 1. The van der Waals surface area contributed by atoms with Crippen LogP contribution in [0.4, 0.5) is 5.69 Å². The van der Waals surface area contributed by atoms with Gasteiger partial charge in [-0.2, -0.15) is 10.2 Å². The van der Waals surface area contributed by atoms with Crippen molar-refractivity contribution in [2.24, 2.45) is 0 Å². The number of aromatic nitrogens is 4. The normalized spacial score (nSPS) is 10.9. The van der Waals surface area contributed by atoms with E-state index in [9.17, 15) is 0 Å². The van der Waals surface area contributed by atoms with Gasteiger partial charge in [-0.15, -0.1) is 0 Å². The Labute approximate surface area is 117 Å². The average Bonchev–Trinajstić information content (AvgIpc) is 3.05. The molecule has 3 rings (SSSR count). The van der Waals surface area contributed by atoms with Gasteiger partial charge in [-0.05, 0) is 26.0 Å². The standard InChI is InChI=1S/C15H17N5/c1-3-19-9-12(8-17-19)15-14(16)10-20(18-15)13-6-4-11(2)5-7-13/h4-10H,3,16H2,1-2H3. The summed E-state index contributed by atoms with van der Waals surface area (Å²) in [6.45, 7) is 4.94. The summed E-state index contributed by atoms with van der Waals surface area (Å²) in [6, 6.07) is 8.17. The molecular formula is C15H17N5. The first-order valence-corrected chi connectivity index (χ1v) is 6.62. The molecule has 0 aliphatic heterocycles. The SMILES string of the molecule is CCn1cc(-c2nn(-c3ccc(C)cc3)cc2N)cn1. The van der Waals surface area contributed by atoms with E-state index >= 15 is 0 Å². The maximum absolute atomic E-state index is 6.07. The zero-order chi connectivity index (χ0) is 14.1. The van der Waals surface area contributed by atoms with Gasteiger partial charge in [-0.3, -0.25) is 4.68 Å². The number of anilines is 1. The minimum absolute atomic E-state index is 0.654. The van der Waals surface area contributed by atoms with Gasteiger partial charge in [-0.1, -0.05) is 17.7 Å². The van der Waals surface area contributed by atoms with E-state index < -0.39 is 0 Å². The van der Waals surface area contributed by atoms with Crippen molar-refractivity contribution in [2.75, 3.05) is 5.73 Å². The van der Waals surface area contributed by atoms with E-state index in [0.717, 1.165) is 23.5 Å². The lowest BCUT2D eigenvalue weighted by atomic mass is 10.2. The van der Waals surface area contributed by atoms with Gasteiger partial charge < -0.3 is 5.73 Å². The lowest BCUT2D eigenvalue weighted by Gasteiger charge is -2.00. The summed E-state index contributed by atoms with van der Waals surface area (Å²) in [5, 5.41) is 8.82. The molecule has 0 aliphatic carbocycles. The van der Waals surface area contributed by atoms with Crippen LogP contribution in [0.2, 0.25) is 0 Å². The summed E-state index contributed by atoms with van der Waals surface area (Å²) >= 11 is 0. The Morgan fingerprint density at radius 1 is 1.15 bits per heavy atom. The lowest BCUT2D eigenvalue weighted by molar-refractivity contribution is 0.660. The summed E-state index contributed by atoms with van der Waals surface area (Å²) in [4.78, 5) is 0. The molecule has 5 nitrogen and oxygen atoms in total. The molecule has 2 heterocycles. The van der Waals surface area contributed by atoms with Gasteiger partial charge in [0, 0.05) is 18.3 Å². The second-order valence-corrected chi connectivity index (χ2v) is 4.80. The van der Waals surface area contributed by atoms with Crippen LogP contribution < -0.4 is 5.73 Å². The number of aryl methyl sites for hydroxylation is 2. The molecule has 0 atom stereocenters. The Kier molecular flexibility index (Phi) is 3.02. The number of rotatable bonds is 3. The van der Waals surface area contributed by atoms with Crippen LogP contribution in [0.15, 0.2) is 42.9 Å². The third-order valence-electron chi connectivity index (χ3n) is 3.27. The van der Waals surface area contributed by atoms with Crippen LogP contribution in [-0.2, 0) is 6.54 Å². The number of hydrogen-bond donors (Lipinski definition) is 1. The van der Waals surface area contributed by atoms with Crippen LogP contribution in [0.1, 0.15) is 12.5 Å². The minimum atomic E-state index is 0.654. The van der Waals surface area contributed by atoms with E-state index in [2.05, 4.69) is 29.3 Å². The summed E-state index contributed by atoms with van der Waals surface area (Å²) in [7, 11) is 0. The van der Waals surface area contributed by atoms with E-state index in [4.69, 9.17) is 5.73 Å². The van der Waals surface area contributed by atoms with Gasteiger partial charge in [0.05, 0.1) is 23.8 Å². The summed E-state index contributed by atoms with van der Waals surface area (Å²) in [5.74, 6) is 0. The van der Waals surface area contributed by atoms with Gasteiger partial charge in [0.25, 0.3) is 0 Å². The van der Waals surface area contributed by atoms with Crippen LogP contribution in [0.5, 0.6) is 0 Å². The van der Waals surface area contributed by atoms with Crippen LogP contribution in [0.3, 0.4) is 0 Å². The van der Waals surface area contributed by atoms with Crippen molar-refractivity contribution in [1.82, 2.24) is 19.6 Å². The molecule has 2 aromatic heterocycles. The van der Waals surface area contributed by atoms with Crippen LogP contribution >= 0.6 is 0 Å². The number of hydrogen-bond acceptors (Lipinski definition) is 3. The number of nitrogen functional groups attached to an aromatic ring is 1. The monoisotopic (exact) mass is 267 g/mol. The predicted molar refractivity (Wildman–Crippen MR) is 79.6 cm³/mol. The van der Waals surface area contributed by atoms with Gasteiger partial charge in [0.2, 0.25) is 0 Å². The maximum Gasteiger partial charge on any atom is 0.119 e. The first-order chi connectivity index (χ1) is 9.67. The van der Waals surface area contributed by atoms with Crippen LogP contribution in [-0.4, -0.2) is 19.6 Å². The van der Waals surface area contributed by atoms with E-state index in [1.165, 1.54) is 5.56 Å². The van der Waals surface area contributed by atoms with Crippen molar-refractivity contribution < 1.29 is 0 Å². The number of nitrogens with zero attached hydrogens (tertiary/aromatic N) is 4. The van der Waals surface area contributed by atoms with Crippen molar-refractivity contribution in [3.05, 3.63) is 48.4 Å². The van der Waals surface area contributed by atoms with Crippen molar-refractivity contribution in [3.8, 4) is 16.9 Å². The molecule has 0 aliphatic rings. The highest BCUT2D eigenvalue weighted by atomic mass is 15.3. The van der Waals surface area contributed by atoms with E-state index in [1.54, 1.807) is 10.9 Å². The Morgan fingerprint density at radius 2 is 1.90 bits per heavy atom. The van der Waals surface area contributed by atoms with Crippen molar-refractivity contribution in [2.45, 2.75) is 20.4 Å². The smallest absolute Gasteiger partial charge is 0.119 e. The second-order valence-electron chi connectivity index (χ2n) is 4.80. The Balaban J connectivity index is 2.00. The summed E-state index contributed by atoms with van der Waals surface area (Å²) < 4.78 is 3.66. The zero-order valence-corrected chi connectivity index (χ0v) is 11.6. The van der Waals surface area contributed by atoms with Crippen LogP contribution in [0, 0.1) is 6.92 Å². The summed E-state index contributed by atoms with van der Waals surface area (Å²) in [5.41, 5.74) is 10.7. The van der Waals surface area contributed by atoms with Gasteiger partial charge in [0.1, 0.15) is 5.69 Å². The van der Waals surface area contributed by atoms with Gasteiger partial charge in [-0.25, -0.2) is 4.68 Å². The third-order valence-corrected chi connectivity index (χ3v) is 3.27. The van der Waals surface area contributed by atoms with Crippen LogP contribution in [0.25, 0.3) is 16.9 Å².